The van der Waals surface area contributed by atoms with Crippen molar-refractivity contribution in [2.75, 3.05) is 0 Å². The molecule has 0 aliphatic carbocycles. The van der Waals surface area contributed by atoms with Gasteiger partial charge in [0.1, 0.15) is 0 Å². The maximum atomic E-state index is 9.15. The second kappa shape index (κ2) is 10.5. The van der Waals surface area contributed by atoms with Crippen molar-refractivity contribution in [2.45, 2.75) is 0 Å². The summed E-state index contributed by atoms with van der Waals surface area (Å²) in [5.74, 6) is -2.10. The zero-order chi connectivity index (χ0) is 44.3. The molecule has 0 unspecified atom stereocenters. The summed E-state index contributed by atoms with van der Waals surface area (Å²) in [7, 11) is 0. The quantitative estimate of drug-likeness (QED) is 0.208. The largest absolute Gasteiger partial charge is 0.309 e. The Morgan fingerprint density at radius 3 is 1.23 bits per heavy atom. The van der Waals surface area contributed by atoms with E-state index in [4.69, 9.17) is 24.7 Å². The molecule has 0 spiro atoms. The highest BCUT2D eigenvalue weighted by Crippen LogP contribution is 2.33. The van der Waals surface area contributed by atoms with Gasteiger partial charge in [-0.25, -0.2) is 15.0 Å². The highest BCUT2D eigenvalue weighted by molar-refractivity contribution is 6.09. The van der Waals surface area contributed by atoms with Crippen molar-refractivity contribution in [3.63, 3.8) is 0 Å². The molecule has 2 aromatic heterocycles. The van der Waals surface area contributed by atoms with Gasteiger partial charge in [-0.15, -0.1) is 0 Å². The predicted molar refractivity (Wildman–Crippen MR) is 176 cm³/mol. The van der Waals surface area contributed by atoms with Gasteiger partial charge in [0, 0.05) is 33.2 Å². The van der Waals surface area contributed by atoms with E-state index in [1.54, 1.807) is 28.8 Å². The van der Waals surface area contributed by atoms with Crippen LogP contribution in [0.4, 0.5) is 0 Å². The van der Waals surface area contributed by atoms with Gasteiger partial charge in [-0.3, -0.25) is 0 Å². The van der Waals surface area contributed by atoms with Crippen molar-refractivity contribution in [3.8, 4) is 51.0 Å². The highest BCUT2D eigenvalue weighted by Gasteiger charge is 2.13. The summed E-state index contributed by atoms with van der Waals surface area (Å²) in [5, 5.41) is 1.58. The Morgan fingerprint density at radius 2 is 0.767 bits per heavy atom. The van der Waals surface area contributed by atoms with Gasteiger partial charge in [0.05, 0.1) is 35.7 Å². The third-order valence-electron chi connectivity index (χ3n) is 6.60. The predicted octanol–water partition coefficient (Wildman–Crippen LogP) is 9.64. The minimum Gasteiger partial charge on any atom is -0.309 e. The first-order valence-corrected chi connectivity index (χ1v) is 12.9. The summed E-state index contributed by atoms with van der Waals surface area (Å²) in [6.45, 7) is 0. The van der Waals surface area contributed by atoms with Crippen LogP contribution in [0.2, 0.25) is 0 Å². The van der Waals surface area contributed by atoms with Crippen LogP contribution in [0.1, 0.15) is 24.7 Å². The van der Waals surface area contributed by atoms with Gasteiger partial charge < -0.3 is 4.57 Å². The molecule has 6 aromatic carbocycles. The fourth-order valence-electron chi connectivity index (χ4n) is 4.69. The summed E-state index contributed by atoms with van der Waals surface area (Å²) in [5.41, 5.74) is -1.96. The Bertz CT molecular complexity index is 3000. The maximum Gasteiger partial charge on any atom is 0.164 e. The van der Waals surface area contributed by atoms with E-state index in [0.29, 0.717) is 11.0 Å². The van der Waals surface area contributed by atoms with Gasteiger partial charge in [-0.05, 0) is 35.3 Å². The third kappa shape index (κ3) is 4.55. The van der Waals surface area contributed by atoms with Crippen LogP contribution in [0.5, 0.6) is 0 Å². The molecule has 2 heterocycles. The van der Waals surface area contributed by atoms with Crippen molar-refractivity contribution in [1.29, 1.82) is 0 Å². The average Bonchev–Trinajstić information content (AvgIpc) is 3.57. The molecule has 0 atom stereocenters. The molecule has 43 heavy (non-hydrogen) atoms. The molecule has 0 fully saturated rings. The van der Waals surface area contributed by atoms with Gasteiger partial charge in [0.2, 0.25) is 0 Å². The molecule has 0 aliphatic heterocycles. The molecule has 0 radical (unpaired) electrons. The molecule has 0 bridgehead atoms. The van der Waals surface area contributed by atoms with Gasteiger partial charge in [-0.2, -0.15) is 0 Å². The summed E-state index contributed by atoms with van der Waals surface area (Å²) < 4.78 is 158. The van der Waals surface area contributed by atoms with Crippen LogP contribution < -0.4 is 0 Å². The summed E-state index contributed by atoms with van der Waals surface area (Å²) in [6, 6.07) is 0.730. The first-order valence-electron chi connectivity index (χ1n) is 21.9. The fourth-order valence-corrected chi connectivity index (χ4v) is 4.69. The molecule has 4 nitrogen and oxygen atoms in total. The van der Waals surface area contributed by atoms with E-state index in [9.17, 15) is 0 Å². The lowest BCUT2D eigenvalue weighted by atomic mass is 10.0. The zero-order valence-electron chi connectivity index (χ0n) is 39.9. The number of fused-ring (bicyclic) bond motifs is 3. The number of nitrogens with zero attached hydrogens (tertiary/aromatic N) is 4. The number of benzene rings is 6. The number of hydrogen-bond donors (Lipinski definition) is 0. The lowest BCUT2D eigenvalue weighted by molar-refractivity contribution is 1.07. The molecular weight excluding hydrogens is 524 g/mol. The van der Waals surface area contributed by atoms with Crippen LogP contribution in [0.25, 0.3) is 72.8 Å². The number of para-hydroxylation sites is 2. The Morgan fingerprint density at radius 1 is 0.395 bits per heavy atom. The Labute approximate surface area is 274 Å². The summed E-state index contributed by atoms with van der Waals surface area (Å²) in [6.07, 6.45) is 0. The van der Waals surface area contributed by atoms with E-state index >= 15 is 0 Å². The molecule has 0 saturated heterocycles. The van der Waals surface area contributed by atoms with Crippen molar-refractivity contribution in [3.05, 3.63) is 157 Å². The van der Waals surface area contributed by atoms with Crippen molar-refractivity contribution < 1.29 is 24.7 Å². The van der Waals surface area contributed by atoms with E-state index in [0.717, 1.165) is 10.8 Å². The van der Waals surface area contributed by atoms with Crippen molar-refractivity contribution in [2.24, 2.45) is 0 Å². The number of hydrogen-bond acceptors (Lipinski definition) is 3. The highest BCUT2D eigenvalue weighted by atomic mass is 15.0. The minimum absolute atomic E-state index is 0.117. The zero-order valence-corrected chi connectivity index (χ0v) is 21.9. The van der Waals surface area contributed by atoms with Gasteiger partial charge in [-0.1, -0.05) is 133 Å². The molecule has 0 aliphatic rings. The van der Waals surface area contributed by atoms with Crippen LogP contribution in [0.3, 0.4) is 0 Å². The number of rotatable bonds is 5. The average molecular weight is 569 g/mol. The molecule has 8 rings (SSSR count). The standard InChI is InChI=1S/C39H26N4/c1-3-11-29(12-4-1)37-40-38(30-13-5-2-6-14-30)42-39(41-37)31-21-19-27(20-22-31)28-23-25-32(26-24-28)43-35-17-9-7-15-33(35)34-16-8-10-18-36(34)43/h1-26H/i1D,2D,3D,4D,5D,6D,11D,12D,13D,14D,19D,20D,21D,22D,23D,24D,25D,26D. The van der Waals surface area contributed by atoms with Crippen molar-refractivity contribution >= 4 is 21.8 Å². The smallest absolute Gasteiger partial charge is 0.164 e. The molecule has 0 saturated carbocycles. The van der Waals surface area contributed by atoms with E-state index < -0.39 is 154 Å². The minimum atomic E-state index is -0.871. The van der Waals surface area contributed by atoms with E-state index in [-0.39, 0.29) is 5.69 Å². The van der Waals surface area contributed by atoms with E-state index in [1.165, 1.54) is 0 Å². The fraction of sp³-hybridized carbons (Fsp3) is 0. The van der Waals surface area contributed by atoms with Crippen LogP contribution in [0.15, 0.2) is 157 Å². The van der Waals surface area contributed by atoms with Crippen LogP contribution in [0, 0.1) is 0 Å². The molecule has 4 heteroatoms. The summed E-state index contributed by atoms with van der Waals surface area (Å²) in [4.78, 5) is 12.6. The van der Waals surface area contributed by atoms with Gasteiger partial charge in [0.25, 0.3) is 0 Å². The van der Waals surface area contributed by atoms with Gasteiger partial charge >= 0.3 is 0 Å². The second-order valence-corrected chi connectivity index (χ2v) is 9.15. The topological polar surface area (TPSA) is 43.6 Å². The van der Waals surface area contributed by atoms with Crippen LogP contribution in [-0.4, -0.2) is 19.5 Å². The molecule has 0 N–H and O–H groups in total. The Kier molecular flexibility index (Phi) is 3.07. The van der Waals surface area contributed by atoms with E-state index in [2.05, 4.69) is 15.0 Å². The van der Waals surface area contributed by atoms with Crippen LogP contribution >= 0.6 is 0 Å². The summed E-state index contributed by atoms with van der Waals surface area (Å²) >= 11 is 0. The lowest BCUT2D eigenvalue weighted by Crippen LogP contribution is -2.00. The first kappa shape index (κ1) is 12.6. The third-order valence-corrected chi connectivity index (χ3v) is 6.60. The monoisotopic (exact) mass is 568 g/mol. The van der Waals surface area contributed by atoms with Crippen LogP contribution in [-0.2, 0) is 0 Å². The Balaban J connectivity index is 1.41. The molecular formula is C39H26N4. The van der Waals surface area contributed by atoms with Gasteiger partial charge in [0.15, 0.2) is 17.5 Å². The SMILES string of the molecule is [2H]c1c([2H])c([2H])c(-c2nc(-c3c([2H])c([2H])c([2H])c([2H])c3[2H])nc(-c3c([2H])c([2H])c(-c4c([2H])c([2H])c(-n5c6ccccc6c6ccccc65)c([2H])c4[2H])c([2H])c3[2H])n2)c([2H])c1[2H]. The maximum absolute atomic E-state index is 9.15. The second-order valence-electron chi connectivity index (χ2n) is 9.15. The number of aromatic nitrogens is 4. The van der Waals surface area contributed by atoms with E-state index in [1.807, 2.05) is 24.3 Å². The molecule has 0 amide bonds. The Hall–Kier alpha value is -5.87. The normalized spacial score (nSPS) is 17.1. The molecule has 8 aromatic rings. The first-order chi connectivity index (χ1) is 28.8. The molecule has 202 valence electrons. The van der Waals surface area contributed by atoms with Crippen molar-refractivity contribution in [1.82, 2.24) is 19.5 Å². The lowest BCUT2D eigenvalue weighted by Gasteiger charge is -2.10.